The van der Waals surface area contributed by atoms with Crippen LogP contribution in [-0.4, -0.2) is 35.6 Å². The molecule has 2 aliphatic heterocycles. The van der Waals surface area contributed by atoms with E-state index in [1.54, 1.807) is 17.2 Å². The zero-order chi connectivity index (χ0) is 20.4. The molecular weight excluding hydrogens is 400 g/mol. The van der Waals surface area contributed by atoms with E-state index in [2.05, 4.69) is 10.3 Å². The number of amides is 2. The van der Waals surface area contributed by atoms with E-state index in [9.17, 15) is 13.6 Å². The number of likely N-dealkylation sites (tertiary alicyclic amines) is 1. The van der Waals surface area contributed by atoms with Crippen molar-refractivity contribution in [3.63, 3.8) is 0 Å². The summed E-state index contributed by atoms with van der Waals surface area (Å²) in [4.78, 5) is 18.7. The molecule has 2 aromatic rings. The van der Waals surface area contributed by atoms with Crippen LogP contribution in [0.3, 0.4) is 0 Å². The third kappa shape index (κ3) is 4.41. The number of urea groups is 1. The van der Waals surface area contributed by atoms with E-state index in [-0.39, 0.29) is 16.6 Å². The second-order valence-corrected chi connectivity index (χ2v) is 7.53. The van der Waals surface area contributed by atoms with Crippen LogP contribution in [0.4, 0.5) is 19.3 Å². The second kappa shape index (κ2) is 8.47. The van der Waals surface area contributed by atoms with Crippen molar-refractivity contribution in [1.82, 2.24) is 9.88 Å². The van der Waals surface area contributed by atoms with Gasteiger partial charge in [-0.1, -0.05) is 17.2 Å². The number of nitrogens with zero attached hydrogens (tertiary/aromatic N) is 2. The largest absolute Gasteiger partial charge is 0.376 e. The number of hydrogen-bond acceptors (Lipinski definition) is 3. The Morgan fingerprint density at radius 1 is 1.21 bits per heavy atom. The number of anilines is 1. The topological polar surface area (TPSA) is 54.5 Å². The van der Waals surface area contributed by atoms with Crippen LogP contribution in [0, 0.1) is 11.6 Å². The molecule has 29 heavy (non-hydrogen) atoms. The lowest BCUT2D eigenvalue weighted by atomic mass is 10.0. The summed E-state index contributed by atoms with van der Waals surface area (Å²) >= 11 is 5.67. The van der Waals surface area contributed by atoms with Gasteiger partial charge in [0.15, 0.2) is 0 Å². The molecule has 4 rings (SSSR count). The molecular formula is C21H20ClF2N3O2. The summed E-state index contributed by atoms with van der Waals surface area (Å²) in [5, 5.41) is 2.97. The smallest absolute Gasteiger partial charge is 0.321 e. The summed E-state index contributed by atoms with van der Waals surface area (Å²) in [6.07, 6.45) is 5.03. The molecule has 8 heteroatoms. The number of nitrogens with one attached hydrogen (secondary N) is 1. The zero-order valence-corrected chi connectivity index (χ0v) is 16.4. The predicted molar refractivity (Wildman–Crippen MR) is 107 cm³/mol. The van der Waals surface area contributed by atoms with E-state index >= 15 is 0 Å². The molecule has 1 N–H and O–H groups in total. The Morgan fingerprint density at radius 3 is 2.66 bits per heavy atom. The number of hydrogen-bond donors (Lipinski definition) is 1. The maximum Gasteiger partial charge on any atom is 0.321 e. The molecule has 0 unspecified atom stereocenters. The Kier molecular flexibility index (Phi) is 5.78. The minimum Gasteiger partial charge on any atom is -0.376 e. The summed E-state index contributed by atoms with van der Waals surface area (Å²) in [7, 11) is 0. The fraction of sp³-hybridized carbons (Fsp3) is 0.333. The van der Waals surface area contributed by atoms with Crippen molar-refractivity contribution in [3.05, 3.63) is 63.4 Å². The minimum absolute atomic E-state index is 0.0253. The van der Waals surface area contributed by atoms with Gasteiger partial charge in [-0.3, -0.25) is 4.98 Å². The highest BCUT2D eigenvalue weighted by Crippen LogP contribution is 2.27. The number of benzene rings is 1. The van der Waals surface area contributed by atoms with Crippen molar-refractivity contribution in [3.8, 4) is 0 Å². The van der Waals surface area contributed by atoms with E-state index in [0.717, 1.165) is 35.4 Å². The average molecular weight is 420 g/mol. The van der Waals surface area contributed by atoms with Gasteiger partial charge < -0.3 is 15.0 Å². The Balaban J connectivity index is 1.41. The molecule has 0 saturated carbocycles. The van der Waals surface area contributed by atoms with E-state index in [4.69, 9.17) is 16.3 Å². The zero-order valence-electron chi connectivity index (χ0n) is 15.7. The van der Waals surface area contributed by atoms with E-state index in [0.29, 0.717) is 44.8 Å². The molecule has 152 valence electrons. The number of aromatic nitrogens is 1. The monoisotopic (exact) mass is 419 g/mol. The van der Waals surface area contributed by atoms with Crippen LogP contribution < -0.4 is 5.32 Å². The molecule has 0 atom stereocenters. The van der Waals surface area contributed by atoms with Crippen LogP contribution in [0.5, 0.6) is 0 Å². The summed E-state index contributed by atoms with van der Waals surface area (Å²) in [5.74, 6) is -1.38. The number of fused-ring (bicyclic) bond motifs is 1. The van der Waals surface area contributed by atoms with Crippen LogP contribution in [0.2, 0.25) is 5.02 Å². The highest BCUT2D eigenvalue weighted by atomic mass is 35.5. The number of halogens is 3. The molecule has 0 aliphatic carbocycles. The van der Waals surface area contributed by atoms with Crippen molar-refractivity contribution in [1.29, 1.82) is 0 Å². The lowest BCUT2D eigenvalue weighted by molar-refractivity contribution is 0.109. The van der Waals surface area contributed by atoms with Crippen LogP contribution in [-0.2, 0) is 17.8 Å². The molecule has 1 fully saturated rings. The normalized spacial score (nSPS) is 16.4. The van der Waals surface area contributed by atoms with E-state index in [1.165, 1.54) is 6.08 Å². The quantitative estimate of drug-likeness (QED) is 0.760. The maximum atomic E-state index is 14.0. The SMILES string of the molecule is O=C(Nc1ccnc2c1COCC2)N1CCC(=Cc2c(F)cc(Cl)cc2F)CC1. The summed E-state index contributed by atoms with van der Waals surface area (Å²) in [5.41, 5.74) is 3.38. The molecule has 1 saturated heterocycles. The van der Waals surface area contributed by atoms with Gasteiger partial charge in [0.05, 0.1) is 24.6 Å². The van der Waals surface area contributed by atoms with Gasteiger partial charge in [-0.25, -0.2) is 13.6 Å². The highest BCUT2D eigenvalue weighted by Gasteiger charge is 2.22. The van der Waals surface area contributed by atoms with Crippen molar-refractivity contribution in [2.75, 3.05) is 25.0 Å². The van der Waals surface area contributed by atoms with Gasteiger partial charge >= 0.3 is 6.03 Å². The third-order valence-electron chi connectivity index (χ3n) is 5.20. The van der Waals surface area contributed by atoms with Crippen molar-refractivity contribution >= 4 is 29.4 Å². The predicted octanol–water partition coefficient (Wildman–Crippen LogP) is 4.80. The molecule has 1 aromatic carbocycles. The van der Waals surface area contributed by atoms with E-state index < -0.39 is 11.6 Å². The van der Waals surface area contributed by atoms with Crippen LogP contribution >= 0.6 is 11.6 Å². The summed E-state index contributed by atoms with van der Waals surface area (Å²) in [6, 6.07) is 3.76. The van der Waals surface area contributed by atoms with Crippen molar-refractivity contribution in [2.45, 2.75) is 25.9 Å². The average Bonchev–Trinajstić information content (AvgIpc) is 2.71. The van der Waals surface area contributed by atoms with Crippen molar-refractivity contribution in [2.24, 2.45) is 0 Å². The molecule has 3 heterocycles. The Labute approximate surface area is 172 Å². The minimum atomic E-state index is -0.688. The number of pyridine rings is 1. The Bertz CT molecular complexity index is 947. The van der Waals surface area contributed by atoms with Gasteiger partial charge in [-0.05, 0) is 37.1 Å². The lowest BCUT2D eigenvalue weighted by Gasteiger charge is -2.29. The fourth-order valence-corrected chi connectivity index (χ4v) is 3.80. The molecule has 2 amide bonds. The number of carbonyl (C=O) groups is 1. The standard InChI is InChI=1S/C21H20ClF2N3O2/c22-14-10-17(23)15(18(24)11-14)9-13-2-6-27(7-3-13)21(28)26-20-1-5-25-19-4-8-29-12-16(19)20/h1,5,9-11H,2-4,6-8,12H2,(H,25,26,28). The van der Waals surface area contributed by atoms with Crippen LogP contribution in [0.25, 0.3) is 6.08 Å². The second-order valence-electron chi connectivity index (χ2n) is 7.09. The first-order valence-electron chi connectivity index (χ1n) is 9.45. The highest BCUT2D eigenvalue weighted by molar-refractivity contribution is 6.30. The third-order valence-corrected chi connectivity index (χ3v) is 5.42. The summed E-state index contributed by atoms with van der Waals surface area (Å²) in [6.45, 7) is 2.01. The fourth-order valence-electron chi connectivity index (χ4n) is 3.60. The Morgan fingerprint density at radius 2 is 1.93 bits per heavy atom. The first-order chi connectivity index (χ1) is 14.0. The number of ether oxygens (including phenoxy) is 1. The number of rotatable bonds is 2. The molecule has 5 nitrogen and oxygen atoms in total. The lowest BCUT2D eigenvalue weighted by Crippen LogP contribution is -2.39. The molecule has 0 spiro atoms. The van der Waals surface area contributed by atoms with Gasteiger partial charge in [-0.15, -0.1) is 0 Å². The van der Waals surface area contributed by atoms with Gasteiger partial charge in [0.1, 0.15) is 11.6 Å². The molecule has 0 radical (unpaired) electrons. The van der Waals surface area contributed by atoms with Crippen molar-refractivity contribution < 1.29 is 18.3 Å². The van der Waals surface area contributed by atoms with Crippen LogP contribution in [0.1, 0.15) is 29.7 Å². The maximum absolute atomic E-state index is 14.0. The van der Waals surface area contributed by atoms with Crippen LogP contribution in [0.15, 0.2) is 30.0 Å². The molecule has 1 aromatic heterocycles. The number of piperidine rings is 1. The summed E-state index contributed by atoms with van der Waals surface area (Å²) < 4.78 is 33.5. The Hall–Kier alpha value is -2.51. The van der Waals surface area contributed by atoms with Gasteiger partial charge in [-0.2, -0.15) is 0 Å². The van der Waals surface area contributed by atoms with E-state index in [1.807, 2.05) is 0 Å². The molecule has 2 aliphatic rings. The van der Waals surface area contributed by atoms with Gasteiger partial charge in [0.25, 0.3) is 0 Å². The number of carbonyl (C=O) groups excluding carboxylic acids is 1. The van der Waals surface area contributed by atoms with Gasteiger partial charge in [0, 0.05) is 41.9 Å². The first kappa shape index (κ1) is 19.8. The first-order valence-corrected chi connectivity index (χ1v) is 9.83. The molecule has 0 bridgehead atoms. The van der Waals surface area contributed by atoms with Gasteiger partial charge in [0.2, 0.25) is 0 Å².